The molecule has 0 atom stereocenters. The van der Waals surface area contributed by atoms with Gasteiger partial charge in [0.1, 0.15) is 22.8 Å². The lowest BCUT2D eigenvalue weighted by molar-refractivity contribution is -0.227. The van der Waals surface area contributed by atoms with E-state index in [1.807, 2.05) is 0 Å². The van der Waals surface area contributed by atoms with Crippen LogP contribution < -0.4 is 10.5 Å². The molecular weight excluding hydrogens is 457 g/mol. The molecule has 1 aromatic carbocycles. The maximum atomic E-state index is 12.6. The van der Waals surface area contributed by atoms with Gasteiger partial charge in [-0.3, -0.25) is 4.79 Å². The highest BCUT2D eigenvalue weighted by atomic mass is 32.2. The fourth-order valence-corrected chi connectivity index (χ4v) is 2.75. The number of hydrogen-bond acceptors (Lipinski definition) is 9. The monoisotopic (exact) mass is 476 g/mol. The van der Waals surface area contributed by atoms with Crippen LogP contribution in [0, 0.1) is 0 Å². The van der Waals surface area contributed by atoms with Crippen LogP contribution in [0.2, 0.25) is 0 Å². The second-order valence-electron chi connectivity index (χ2n) is 6.45. The Labute approximate surface area is 181 Å². The molecule has 1 aromatic heterocycles. The van der Waals surface area contributed by atoms with Crippen molar-refractivity contribution in [3.63, 3.8) is 0 Å². The van der Waals surface area contributed by atoms with Crippen LogP contribution in [-0.4, -0.2) is 60.1 Å². The first kappa shape index (κ1) is 25.0. The first-order valence-electron chi connectivity index (χ1n) is 8.90. The molecule has 0 aliphatic carbocycles. The van der Waals surface area contributed by atoms with Crippen LogP contribution in [-0.2, 0) is 32.6 Å². The van der Waals surface area contributed by atoms with Crippen LogP contribution >= 0.6 is 0 Å². The highest BCUT2D eigenvalue weighted by Crippen LogP contribution is 2.19. The summed E-state index contributed by atoms with van der Waals surface area (Å²) in [5.74, 6) is -4.30. The van der Waals surface area contributed by atoms with Gasteiger partial charge in [-0.25, -0.2) is 23.2 Å². The predicted molar refractivity (Wildman–Crippen MR) is 104 cm³/mol. The fourth-order valence-electron chi connectivity index (χ4n) is 2.25. The summed E-state index contributed by atoms with van der Waals surface area (Å²) in [6.45, 7) is -0.681. The molecule has 32 heavy (non-hydrogen) atoms. The summed E-state index contributed by atoms with van der Waals surface area (Å²) in [4.78, 5) is 35.8. The van der Waals surface area contributed by atoms with E-state index in [0.717, 1.165) is 6.26 Å². The van der Waals surface area contributed by atoms with Gasteiger partial charge in [0.2, 0.25) is 5.88 Å². The Hall–Kier alpha value is -3.26. The molecule has 0 radical (unpaired) electrons. The number of nitrogens with two attached hydrogens (primary N) is 1. The molecule has 0 fully saturated rings. The number of hydroxylamine groups is 2. The zero-order valence-electron chi connectivity index (χ0n) is 16.7. The fraction of sp³-hybridized carbons (Fsp3) is 0.333. The van der Waals surface area contributed by atoms with E-state index in [9.17, 15) is 31.2 Å². The molecule has 10 nitrogen and oxygen atoms in total. The molecule has 2 aromatic rings. The SMILES string of the molecule is CS(=O)(=O)CCN(OC(=O)C(F)(F)F)C(=O)c1cccc(COc2cc(CN)ncn2)c1. The molecule has 0 aliphatic heterocycles. The summed E-state index contributed by atoms with van der Waals surface area (Å²) in [6, 6.07) is 7.07. The van der Waals surface area contributed by atoms with Crippen molar-refractivity contribution in [2.24, 2.45) is 5.73 Å². The Morgan fingerprint density at radius 3 is 2.53 bits per heavy atom. The third-order valence-electron chi connectivity index (χ3n) is 3.78. The second kappa shape index (κ2) is 10.4. The predicted octanol–water partition coefficient (Wildman–Crippen LogP) is 1.02. The van der Waals surface area contributed by atoms with Crippen molar-refractivity contribution in [3.8, 4) is 5.88 Å². The minimum Gasteiger partial charge on any atom is -0.473 e. The van der Waals surface area contributed by atoms with Gasteiger partial charge in [0.05, 0.1) is 18.0 Å². The number of hydrogen-bond donors (Lipinski definition) is 1. The van der Waals surface area contributed by atoms with E-state index in [4.69, 9.17) is 10.5 Å². The molecule has 174 valence electrons. The van der Waals surface area contributed by atoms with E-state index >= 15 is 0 Å². The first-order valence-corrected chi connectivity index (χ1v) is 11.0. The molecule has 1 amide bonds. The summed E-state index contributed by atoms with van der Waals surface area (Å²) in [6.07, 6.45) is -3.30. The largest absolute Gasteiger partial charge is 0.493 e. The number of carbonyl (C=O) groups is 2. The van der Waals surface area contributed by atoms with Crippen molar-refractivity contribution in [3.05, 3.63) is 53.5 Å². The van der Waals surface area contributed by atoms with Gasteiger partial charge in [0.15, 0.2) is 0 Å². The molecule has 1 heterocycles. The normalized spacial score (nSPS) is 11.7. The van der Waals surface area contributed by atoms with Crippen LogP contribution in [0.25, 0.3) is 0 Å². The van der Waals surface area contributed by atoms with Gasteiger partial charge < -0.3 is 15.3 Å². The van der Waals surface area contributed by atoms with Crippen molar-refractivity contribution in [1.29, 1.82) is 0 Å². The van der Waals surface area contributed by atoms with Gasteiger partial charge in [-0.05, 0) is 17.7 Å². The minimum atomic E-state index is -5.38. The van der Waals surface area contributed by atoms with Crippen LogP contribution in [0.3, 0.4) is 0 Å². The second-order valence-corrected chi connectivity index (χ2v) is 8.71. The van der Waals surface area contributed by atoms with E-state index in [0.29, 0.717) is 11.3 Å². The van der Waals surface area contributed by atoms with Crippen molar-refractivity contribution in [2.75, 3.05) is 18.6 Å². The van der Waals surface area contributed by atoms with Crippen LogP contribution in [0.1, 0.15) is 21.6 Å². The van der Waals surface area contributed by atoms with Gasteiger partial charge >= 0.3 is 12.1 Å². The van der Waals surface area contributed by atoms with E-state index in [2.05, 4.69) is 14.8 Å². The smallest absolute Gasteiger partial charge is 0.473 e. The highest BCUT2D eigenvalue weighted by Gasteiger charge is 2.43. The topological polar surface area (TPSA) is 142 Å². The maximum absolute atomic E-state index is 12.6. The molecule has 2 N–H and O–H groups in total. The molecule has 0 aliphatic rings. The molecule has 0 saturated heterocycles. The zero-order chi connectivity index (χ0) is 23.9. The quantitative estimate of drug-likeness (QED) is 0.553. The van der Waals surface area contributed by atoms with Crippen molar-refractivity contribution in [2.45, 2.75) is 19.3 Å². The van der Waals surface area contributed by atoms with Crippen LogP contribution in [0.5, 0.6) is 5.88 Å². The highest BCUT2D eigenvalue weighted by molar-refractivity contribution is 7.90. The van der Waals surface area contributed by atoms with Crippen molar-refractivity contribution < 1.29 is 40.8 Å². The lowest BCUT2D eigenvalue weighted by atomic mass is 10.1. The maximum Gasteiger partial charge on any atom is 0.493 e. The number of benzene rings is 1. The third kappa shape index (κ3) is 7.77. The first-order chi connectivity index (χ1) is 14.9. The average Bonchev–Trinajstić information content (AvgIpc) is 2.73. The van der Waals surface area contributed by atoms with Gasteiger partial charge in [-0.1, -0.05) is 12.1 Å². The summed E-state index contributed by atoms with van der Waals surface area (Å²) < 4.78 is 65.9. The summed E-state index contributed by atoms with van der Waals surface area (Å²) in [5.41, 5.74) is 6.31. The average molecular weight is 476 g/mol. The molecular formula is C18H19F3N4O6S. The number of rotatable bonds is 8. The Balaban J connectivity index is 2.18. The zero-order valence-corrected chi connectivity index (χ0v) is 17.5. The number of amides is 1. The van der Waals surface area contributed by atoms with Crippen molar-refractivity contribution >= 4 is 21.7 Å². The van der Waals surface area contributed by atoms with Gasteiger partial charge in [0.25, 0.3) is 5.91 Å². The number of carbonyl (C=O) groups excluding carboxylic acids is 2. The van der Waals surface area contributed by atoms with Gasteiger partial charge in [-0.2, -0.15) is 18.2 Å². The minimum absolute atomic E-state index is 0.0617. The van der Waals surface area contributed by atoms with Gasteiger partial charge in [0, 0.05) is 24.4 Å². The van der Waals surface area contributed by atoms with Crippen LogP contribution in [0.15, 0.2) is 36.7 Å². The lowest BCUT2D eigenvalue weighted by Gasteiger charge is -2.21. The molecule has 0 saturated carbocycles. The lowest BCUT2D eigenvalue weighted by Crippen LogP contribution is -2.41. The Bertz CT molecular complexity index is 1080. The Kier molecular flexibility index (Phi) is 8.10. The number of halogens is 3. The summed E-state index contributed by atoms with van der Waals surface area (Å²) in [7, 11) is -3.67. The van der Waals surface area contributed by atoms with Crippen LogP contribution in [0.4, 0.5) is 13.2 Å². The number of nitrogens with zero attached hydrogens (tertiary/aromatic N) is 3. The molecule has 2 rings (SSSR count). The van der Waals surface area contributed by atoms with Gasteiger partial charge in [-0.15, -0.1) is 0 Å². The van der Waals surface area contributed by atoms with E-state index in [-0.39, 0.29) is 29.7 Å². The van der Waals surface area contributed by atoms with E-state index in [1.54, 1.807) is 6.07 Å². The number of aromatic nitrogens is 2. The summed E-state index contributed by atoms with van der Waals surface area (Å²) in [5, 5.41) is 0.0643. The summed E-state index contributed by atoms with van der Waals surface area (Å²) >= 11 is 0. The number of ether oxygens (including phenoxy) is 1. The molecule has 0 bridgehead atoms. The van der Waals surface area contributed by atoms with E-state index < -0.39 is 40.2 Å². The molecule has 14 heteroatoms. The Morgan fingerprint density at radius 1 is 1.19 bits per heavy atom. The van der Waals surface area contributed by atoms with E-state index in [1.165, 1.54) is 30.6 Å². The molecule has 0 spiro atoms. The number of alkyl halides is 3. The third-order valence-corrected chi connectivity index (χ3v) is 4.71. The molecule has 0 unspecified atom stereocenters. The Morgan fingerprint density at radius 2 is 1.91 bits per heavy atom. The van der Waals surface area contributed by atoms with Crippen molar-refractivity contribution in [1.82, 2.24) is 15.0 Å². The standard InChI is InChI=1S/C18H19F3N4O6S/c1-32(28,29)6-5-25(31-17(27)18(19,20)21)16(26)13-4-2-3-12(7-13)10-30-15-8-14(9-22)23-11-24-15/h2-4,7-8,11H,5-6,9-10,22H2,1H3. The number of sulfone groups is 1.